The molecule has 9 nitrogen and oxygen atoms in total. The number of rotatable bonds is 7. The topological polar surface area (TPSA) is 105 Å². The molecule has 9 heteroatoms. The van der Waals surface area contributed by atoms with Crippen molar-refractivity contribution in [3.63, 3.8) is 0 Å². The fraction of sp³-hybridized carbons (Fsp3) is 0.333. The number of amides is 1. The minimum Gasteiger partial charge on any atom is -0.379 e. The van der Waals surface area contributed by atoms with Gasteiger partial charge in [0, 0.05) is 25.8 Å². The van der Waals surface area contributed by atoms with Crippen molar-refractivity contribution in [2.75, 3.05) is 39.4 Å². The van der Waals surface area contributed by atoms with Crippen molar-refractivity contribution in [1.29, 1.82) is 5.41 Å². The Labute approximate surface area is 208 Å². The third-order valence-electron chi connectivity index (χ3n) is 6.56. The molecule has 5 rings (SSSR count). The molecule has 186 valence electrons. The molecule has 0 bridgehead atoms. The van der Waals surface area contributed by atoms with Crippen LogP contribution in [0.3, 0.4) is 0 Å². The fourth-order valence-electron chi connectivity index (χ4n) is 4.51. The highest BCUT2D eigenvalue weighted by Gasteiger charge is 2.18. The molecule has 1 saturated heterocycles. The van der Waals surface area contributed by atoms with Crippen molar-refractivity contribution < 1.29 is 9.53 Å². The average Bonchev–Trinajstić information content (AvgIpc) is 2.90. The van der Waals surface area contributed by atoms with Crippen LogP contribution in [-0.2, 0) is 11.3 Å². The van der Waals surface area contributed by atoms with Crippen LogP contribution in [0.2, 0.25) is 0 Å². The molecule has 1 amide bonds. The van der Waals surface area contributed by atoms with Gasteiger partial charge >= 0.3 is 0 Å². The van der Waals surface area contributed by atoms with E-state index >= 15 is 0 Å². The normalized spacial score (nSPS) is 14.4. The third kappa shape index (κ3) is 4.93. The standard InChI is InChI=1S/C27H30N6O3/c1-19-6-8-20(9-7-19)18-33-24(28)21(26(34)29-10-4-11-31-13-15-36-16-14-31)17-22-25(33)30-23-5-2-3-12-32(23)27(22)35/h2-3,5-9,12,17,28H,4,10-11,13-16,18H2,1H3,(H,29,34). The van der Waals surface area contributed by atoms with Gasteiger partial charge in [-0.25, -0.2) is 4.98 Å². The summed E-state index contributed by atoms with van der Waals surface area (Å²) in [5.41, 5.74) is 2.89. The van der Waals surface area contributed by atoms with E-state index in [9.17, 15) is 9.59 Å². The molecule has 0 unspecified atom stereocenters. The van der Waals surface area contributed by atoms with Gasteiger partial charge in [-0.2, -0.15) is 0 Å². The Hall–Kier alpha value is -3.82. The van der Waals surface area contributed by atoms with E-state index in [1.807, 2.05) is 37.3 Å². The van der Waals surface area contributed by atoms with E-state index in [0.29, 0.717) is 29.8 Å². The summed E-state index contributed by atoms with van der Waals surface area (Å²) in [6.07, 6.45) is 2.46. The van der Waals surface area contributed by atoms with Gasteiger partial charge in [-0.05, 0) is 43.7 Å². The van der Waals surface area contributed by atoms with E-state index < -0.39 is 0 Å². The lowest BCUT2D eigenvalue weighted by Crippen LogP contribution is -2.39. The second-order valence-corrected chi connectivity index (χ2v) is 9.12. The lowest BCUT2D eigenvalue weighted by atomic mass is 10.1. The molecular weight excluding hydrogens is 456 g/mol. The molecule has 36 heavy (non-hydrogen) atoms. The van der Waals surface area contributed by atoms with Crippen molar-refractivity contribution in [3.8, 4) is 0 Å². The Bertz CT molecular complexity index is 1520. The Morgan fingerprint density at radius 3 is 2.69 bits per heavy atom. The second-order valence-electron chi connectivity index (χ2n) is 9.12. The zero-order valence-corrected chi connectivity index (χ0v) is 20.4. The van der Waals surface area contributed by atoms with Gasteiger partial charge in [-0.3, -0.25) is 24.3 Å². The summed E-state index contributed by atoms with van der Waals surface area (Å²) < 4.78 is 8.49. The SMILES string of the molecule is Cc1ccc(Cn2c(=N)c(C(=O)NCCCN3CCOCC3)cc3c(=O)n4ccccc4nc32)cc1. The molecular formula is C27H30N6O3. The predicted molar refractivity (Wildman–Crippen MR) is 137 cm³/mol. The number of carbonyl (C=O) groups is 1. The van der Waals surface area contributed by atoms with Crippen LogP contribution in [0.25, 0.3) is 16.7 Å². The van der Waals surface area contributed by atoms with Gasteiger partial charge in [0.05, 0.1) is 30.7 Å². The largest absolute Gasteiger partial charge is 0.379 e. The predicted octanol–water partition coefficient (Wildman–Crippen LogP) is 1.94. The van der Waals surface area contributed by atoms with E-state index in [0.717, 1.165) is 50.4 Å². The number of hydrogen-bond acceptors (Lipinski definition) is 6. The van der Waals surface area contributed by atoms with Gasteiger partial charge in [-0.1, -0.05) is 35.9 Å². The van der Waals surface area contributed by atoms with Crippen molar-refractivity contribution in [2.45, 2.75) is 19.9 Å². The summed E-state index contributed by atoms with van der Waals surface area (Å²) >= 11 is 0. The van der Waals surface area contributed by atoms with Crippen LogP contribution in [0.5, 0.6) is 0 Å². The number of fused-ring (bicyclic) bond motifs is 2. The second kappa shape index (κ2) is 10.4. The van der Waals surface area contributed by atoms with Gasteiger partial charge in [0.1, 0.15) is 16.8 Å². The van der Waals surface area contributed by atoms with Crippen LogP contribution in [0.15, 0.2) is 59.5 Å². The van der Waals surface area contributed by atoms with Crippen molar-refractivity contribution in [3.05, 3.63) is 87.3 Å². The zero-order valence-electron chi connectivity index (χ0n) is 20.4. The number of carbonyl (C=O) groups excluding carboxylic acids is 1. The number of nitrogens with one attached hydrogen (secondary N) is 2. The van der Waals surface area contributed by atoms with E-state index in [4.69, 9.17) is 15.1 Å². The first-order chi connectivity index (χ1) is 17.5. The summed E-state index contributed by atoms with van der Waals surface area (Å²) in [7, 11) is 0. The molecule has 0 atom stereocenters. The van der Waals surface area contributed by atoms with Crippen LogP contribution in [0, 0.1) is 12.3 Å². The van der Waals surface area contributed by atoms with Crippen LogP contribution in [-0.4, -0.2) is 64.2 Å². The van der Waals surface area contributed by atoms with Crippen LogP contribution >= 0.6 is 0 Å². The number of hydrogen-bond donors (Lipinski definition) is 2. The highest BCUT2D eigenvalue weighted by atomic mass is 16.5. The third-order valence-corrected chi connectivity index (χ3v) is 6.56. The first-order valence-corrected chi connectivity index (χ1v) is 12.2. The molecule has 4 heterocycles. The molecule has 2 N–H and O–H groups in total. The number of aryl methyl sites for hydroxylation is 1. The number of ether oxygens (including phenoxy) is 1. The number of benzene rings is 1. The maximum atomic E-state index is 13.4. The first kappa shape index (κ1) is 23.9. The van der Waals surface area contributed by atoms with Gasteiger partial charge in [0.2, 0.25) is 0 Å². The van der Waals surface area contributed by atoms with Crippen LogP contribution in [0.1, 0.15) is 27.9 Å². The lowest BCUT2D eigenvalue weighted by molar-refractivity contribution is 0.0374. The number of pyridine rings is 2. The van der Waals surface area contributed by atoms with Crippen LogP contribution in [0.4, 0.5) is 0 Å². The summed E-state index contributed by atoms with van der Waals surface area (Å²) in [6, 6.07) is 14.8. The summed E-state index contributed by atoms with van der Waals surface area (Å²) in [6.45, 7) is 6.99. The first-order valence-electron chi connectivity index (χ1n) is 12.2. The molecule has 0 radical (unpaired) electrons. The molecule has 3 aromatic heterocycles. The average molecular weight is 487 g/mol. The minimum absolute atomic E-state index is 0.0286. The minimum atomic E-state index is -0.362. The summed E-state index contributed by atoms with van der Waals surface area (Å²) in [5, 5.41) is 12.1. The smallest absolute Gasteiger partial charge is 0.267 e. The molecule has 0 aliphatic carbocycles. The lowest BCUT2D eigenvalue weighted by Gasteiger charge is -2.26. The van der Waals surface area contributed by atoms with E-state index in [2.05, 4.69) is 10.2 Å². The maximum Gasteiger partial charge on any atom is 0.267 e. The monoisotopic (exact) mass is 486 g/mol. The number of morpholine rings is 1. The molecule has 0 spiro atoms. The van der Waals surface area contributed by atoms with Gasteiger partial charge < -0.3 is 14.6 Å². The summed E-state index contributed by atoms with van der Waals surface area (Å²) in [5.74, 6) is -0.362. The summed E-state index contributed by atoms with van der Waals surface area (Å²) in [4.78, 5) is 33.6. The Morgan fingerprint density at radius 2 is 1.92 bits per heavy atom. The highest BCUT2D eigenvalue weighted by Crippen LogP contribution is 2.13. The Kier molecular flexibility index (Phi) is 6.92. The maximum absolute atomic E-state index is 13.4. The molecule has 1 aromatic carbocycles. The van der Waals surface area contributed by atoms with E-state index in [1.165, 1.54) is 10.5 Å². The molecule has 1 aliphatic rings. The van der Waals surface area contributed by atoms with Crippen molar-refractivity contribution in [2.24, 2.45) is 0 Å². The van der Waals surface area contributed by atoms with Gasteiger partial charge in [-0.15, -0.1) is 0 Å². The van der Waals surface area contributed by atoms with Gasteiger partial charge in [0.25, 0.3) is 11.5 Å². The van der Waals surface area contributed by atoms with Crippen molar-refractivity contribution >= 4 is 22.6 Å². The Morgan fingerprint density at radius 1 is 1.14 bits per heavy atom. The molecule has 1 fully saturated rings. The quantitative estimate of drug-likeness (QED) is 0.307. The fourth-order valence-corrected chi connectivity index (χ4v) is 4.51. The van der Waals surface area contributed by atoms with E-state index in [1.54, 1.807) is 22.9 Å². The zero-order chi connectivity index (χ0) is 25.1. The van der Waals surface area contributed by atoms with E-state index in [-0.39, 0.29) is 22.5 Å². The molecule has 1 aliphatic heterocycles. The number of aromatic nitrogens is 3. The van der Waals surface area contributed by atoms with Gasteiger partial charge in [0.15, 0.2) is 0 Å². The highest BCUT2D eigenvalue weighted by molar-refractivity contribution is 5.96. The van der Waals surface area contributed by atoms with Crippen molar-refractivity contribution in [1.82, 2.24) is 24.2 Å². The molecule has 0 saturated carbocycles. The molecule has 4 aromatic rings. The number of nitrogens with zero attached hydrogens (tertiary/aromatic N) is 4. The Balaban J connectivity index is 1.50. The van der Waals surface area contributed by atoms with Crippen LogP contribution < -0.4 is 16.4 Å².